The third kappa shape index (κ3) is 4.78. The molecule has 1 atom stereocenters. The minimum Gasteiger partial charge on any atom is -0.375 e. The number of aryl methyl sites for hydroxylation is 1. The molecule has 5 heteroatoms. The summed E-state index contributed by atoms with van der Waals surface area (Å²) in [7, 11) is 0. The predicted molar refractivity (Wildman–Crippen MR) is 84.0 cm³/mol. The number of halogens is 1. The second-order valence-electron chi connectivity index (χ2n) is 6.13. The van der Waals surface area contributed by atoms with Gasteiger partial charge in [-0.25, -0.2) is 4.39 Å². The van der Waals surface area contributed by atoms with Crippen molar-refractivity contribution in [3.8, 4) is 0 Å². The molecule has 0 saturated carbocycles. The number of hydrogen-bond donors (Lipinski definition) is 1. The van der Waals surface area contributed by atoms with E-state index in [1.165, 1.54) is 12.1 Å². The van der Waals surface area contributed by atoms with E-state index < -0.39 is 0 Å². The molecule has 2 rings (SSSR count). The van der Waals surface area contributed by atoms with E-state index in [0.29, 0.717) is 25.6 Å². The Bertz CT molecular complexity index is 519. The number of amides is 1. The fraction of sp³-hybridized carbons (Fsp3) is 0.588. The van der Waals surface area contributed by atoms with Gasteiger partial charge in [-0.1, -0.05) is 6.07 Å². The van der Waals surface area contributed by atoms with Crippen molar-refractivity contribution in [3.05, 3.63) is 35.1 Å². The van der Waals surface area contributed by atoms with Crippen LogP contribution in [0.5, 0.6) is 0 Å². The molecule has 122 valence electrons. The van der Waals surface area contributed by atoms with Crippen LogP contribution in [0.1, 0.15) is 31.4 Å². The van der Waals surface area contributed by atoms with Gasteiger partial charge in [0.25, 0.3) is 0 Å². The van der Waals surface area contributed by atoms with Gasteiger partial charge in [0, 0.05) is 25.7 Å². The van der Waals surface area contributed by atoms with Crippen molar-refractivity contribution >= 4 is 5.91 Å². The molecule has 0 aromatic heterocycles. The molecule has 0 aliphatic carbocycles. The Labute approximate surface area is 131 Å². The lowest BCUT2D eigenvalue weighted by atomic mass is 10.1. The zero-order valence-electron chi connectivity index (χ0n) is 13.6. The maximum atomic E-state index is 13.2. The number of nitrogens with one attached hydrogen (secondary N) is 1. The van der Waals surface area contributed by atoms with Crippen LogP contribution in [0.15, 0.2) is 18.2 Å². The number of carbonyl (C=O) groups is 1. The highest BCUT2D eigenvalue weighted by Gasteiger charge is 2.24. The lowest BCUT2D eigenvalue weighted by Gasteiger charge is -2.35. The lowest BCUT2D eigenvalue weighted by molar-refractivity contribution is -0.126. The lowest BCUT2D eigenvalue weighted by Crippen LogP contribution is -2.47. The van der Waals surface area contributed by atoms with Gasteiger partial charge in [0.15, 0.2) is 0 Å². The highest BCUT2D eigenvalue weighted by molar-refractivity contribution is 5.76. The summed E-state index contributed by atoms with van der Waals surface area (Å²) in [6.07, 6.45) is 0.280. The Morgan fingerprint density at radius 2 is 2.27 bits per heavy atom. The molecule has 1 amide bonds. The highest BCUT2D eigenvalue weighted by Crippen LogP contribution is 2.13. The summed E-state index contributed by atoms with van der Waals surface area (Å²) in [6.45, 7) is 8.92. The van der Waals surface area contributed by atoms with Crippen LogP contribution in [-0.2, 0) is 16.1 Å². The first-order valence-electron chi connectivity index (χ1n) is 7.83. The normalized spacial score (nSPS) is 19.4. The number of ether oxygens (including phenoxy) is 1. The molecule has 0 bridgehead atoms. The summed E-state index contributed by atoms with van der Waals surface area (Å²) in [5.41, 5.74) is 1.78. The van der Waals surface area contributed by atoms with Gasteiger partial charge in [-0.15, -0.1) is 0 Å². The fourth-order valence-electron chi connectivity index (χ4n) is 2.64. The molecule has 0 spiro atoms. The van der Waals surface area contributed by atoms with E-state index in [4.69, 9.17) is 4.74 Å². The summed E-state index contributed by atoms with van der Waals surface area (Å²) in [4.78, 5) is 14.4. The predicted octanol–water partition coefficient (Wildman–Crippen LogP) is 2.25. The Balaban J connectivity index is 1.81. The van der Waals surface area contributed by atoms with Crippen LogP contribution in [0.3, 0.4) is 0 Å². The topological polar surface area (TPSA) is 41.6 Å². The van der Waals surface area contributed by atoms with Crippen molar-refractivity contribution in [2.75, 3.05) is 19.7 Å². The van der Waals surface area contributed by atoms with Crippen LogP contribution >= 0.6 is 0 Å². The monoisotopic (exact) mass is 308 g/mol. The van der Waals surface area contributed by atoms with E-state index in [1.54, 1.807) is 6.07 Å². The highest BCUT2D eigenvalue weighted by atomic mass is 19.1. The average Bonchev–Trinajstić information content (AvgIpc) is 2.48. The zero-order valence-corrected chi connectivity index (χ0v) is 13.6. The third-order valence-electron chi connectivity index (χ3n) is 4.10. The third-order valence-corrected chi connectivity index (χ3v) is 4.10. The summed E-state index contributed by atoms with van der Waals surface area (Å²) in [6, 6.07) is 5.08. The Kier molecular flexibility index (Phi) is 5.91. The minimum atomic E-state index is -0.280. The first kappa shape index (κ1) is 16.9. The van der Waals surface area contributed by atoms with E-state index in [-0.39, 0.29) is 17.8 Å². The molecule has 1 aliphatic heterocycles. The number of benzene rings is 1. The van der Waals surface area contributed by atoms with Gasteiger partial charge < -0.3 is 10.1 Å². The van der Waals surface area contributed by atoms with Crippen LogP contribution in [0.25, 0.3) is 0 Å². The molecule has 4 nitrogen and oxygen atoms in total. The largest absolute Gasteiger partial charge is 0.375 e. The maximum absolute atomic E-state index is 13.2. The minimum absolute atomic E-state index is 0.0562. The van der Waals surface area contributed by atoms with Crippen molar-refractivity contribution in [3.63, 3.8) is 0 Å². The molecular formula is C17H25FN2O2. The zero-order chi connectivity index (χ0) is 16.1. The smallest absolute Gasteiger partial charge is 0.222 e. The standard InChI is InChI=1S/C17H25FN2O2/c1-12(2)20-6-7-22-16(11-20)9-17(21)19-10-14-8-15(18)5-4-13(14)3/h4-5,8,12,16H,6-7,9-11H2,1-3H3,(H,19,21)/t16-/m0/s1. The fourth-order valence-corrected chi connectivity index (χ4v) is 2.64. The van der Waals surface area contributed by atoms with Crippen LogP contribution in [0, 0.1) is 12.7 Å². The number of carbonyl (C=O) groups excluding carboxylic acids is 1. The van der Waals surface area contributed by atoms with Gasteiger partial charge >= 0.3 is 0 Å². The van der Waals surface area contributed by atoms with Gasteiger partial charge in [-0.3, -0.25) is 9.69 Å². The molecule has 1 saturated heterocycles. The Morgan fingerprint density at radius 1 is 1.50 bits per heavy atom. The summed E-state index contributed by atoms with van der Waals surface area (Å²) in [5, 5.41) is 2.85. The second kappa shape index (κ2) is 7.70. The summed E-state index contributed by atoms with van der Waals surface area (Å²) in [5.74, 6) is -0.336. The summed E-state index contributed by atoms with van der Waals surface area (Å²) < 4.78 is 18.9. The van der Waals surface area contributed by atoms with E-state index in [2.05, 4.69) is 24.1 Å². The number of rotatable bonds is 5. The summed E-state index contributed by atoms with van der Waals surface area (Å²) >= 11 is 0. The van der Waals surface area contributed by atoms with Crippen LogP contribution in [0.2, 0.25) is 0 Å². The van der Waals surface area contributed by atoms with Crippen LogP contribution in [-0.4, -0.2) is 42.6 Å². The van der Waals surface area contributed by atoms with Crippen molar-refractivity contribution in [1.29, 1.82) is 0 Å². The average molecular weight is 308 g/mol. The molecule has 22 heavy (non-hydrogen) atoms. The molecular weight excluding hydrogens is 283 g/mol. The maximum Gasteiger partial charge on any atom is 0.222 e. The van der Waals surface area contributed by atoms with Crippen LogP contribution in [0.4, 0.5) is 4.39 Å². The quantitative estimate of drug-likeness (QED) is 0.907. The number of nitrogens with zero attached hydrogens (tertiary/aromatic N) is 1. The molecule has 1 fully saturated rings. The Morgan fingerprint density at radius 3 is 3.00 bits per heavy atom. The molecule has 1 aromatic carbocycles. The number of morpholine rings is 1. The van der Waals surface area contributed by atoms with Gasteiger partial charge in [-0.05, 0) is 44.0 Å². The van der Waals surface area contributed by atoms with E-state index in [9.17, 15) is 9.18 Å². The van der Waals surface area contributed by atoms with Crippen molar-refractivity contribution in [2.45, 2.75) is 45.9 Å². The van der Waals surface area contributed by atoms with Gasteiger partial charge in [0.05, 0.1) is 19.1 Å². The van der Waals surface area contributed by atoms with E-state index in [1.807, 2.05) is 6.92 Å². The molecule has 1 aromatic rings. The van der Waals surface area contributed by atoms with Gasteiger partial charge in [0.2, 0.25) is 5.91 Å². The van der Waals surface area contributed by atoms with E-state index in [0.717, 1.165) is 24.2 Å². The van der Waals surface area contributed by atoms with Gasteiger partial charge in [0.1, 0.15) is 5.82 Å². The van der Waals surface area contributed by atoms with Crippen molar-refractivity contribution < 1.29 is 13.9 Å². The van der Waals surface area contributed by atoms with Gasteiger partial charge in [-0.2, -0.15) is 0 Å². The molecule has 1 N–H and O–H groups in total. The van der Waals surface area contributed by atoms with Crippen molar-refractivity contribution in [1.82, 2.24) is 10.2 Å². The Hall–Kier alpha value is -1.46. The van der Waals surface area contributed by atoms with E-state index >= 15 is 0 Å². The van der Waals surface area contributed by atoms with Crippen LogP contribution < -0.4 is 5.32 Å². The van der Waals surface area contributed by atoms with Crippen molar-refractivity contribution in [2.24, 2.45) is 0 Å². The second-order valence-corrected chi connectivity index (χ2v) is 6.13. The first-order valence-corrected chi connectivity index (χ1v) is 7.83. The molecule has 0 radical (unpaired) electrons. The molecule has 1 heterocycles. The number of hydrogen-bond acceptors (Lipinski definition) is 3. The molecule has 0 unspecified atom stereocenters. The first-order chi connectivity index (χ1) is 10.5. The molecule has 1 aliphatic rings. The SMILES string of the molecule is Cc1ccc(F)cc1CNC(=O)C[C@H]1CN(C(C)C)CCO1.